The first kappa shape index (κ1) is 21.9. The molecule has 2 atom stereocenters. The van der Waals surface area contributed by atoms with Gasteiger partial charge in [-0.2, -0.15) is 0 Å². The van der Waals surface area contributed by atoms with Crippen molar-refractivity contribution in [2.24, 2.45) is 5.73 Å². The lowest BCUT2D eigenvalue weighted by Crippen LogP contribution is -2.50. The zero-order chi connectivity index (χ0) is 18.7. The van der Waals surface area contributed by atoms with Crippen LogP contribution in [0.1, 0.15) is 17.2 Å². The van der Waals surface area contributed by atoms with E-state index in [1.165, 1.54) is 12.1 Å². The van der Waals surface area contributed by atoms with Crippen molar-refractivity contribution < 1.29 is 13.9 Å². The fourth-order valence-corrected chi connectivity index (χ4v) is 3.52. The van der Waals surface area contributed by atoms with Gasteiger partial charge in [0, 0.05) is 17.1 Å². The van der Waals surface area contributed by atoms with E-state index in [1.807, 2.05) is 30.3 Å². The molecule has 0 bridgehead atoms. The number of morpholine rings is 1. The Morgan fingerprint density at radius 3 is 2.67 bits per heavy atom. The molecule has 3 rings (SSSR count). The summed E-state index contributed by atoms with van der Waals surface area (Å²) < 4.78 is 19.5. The van der Waals surface area contributed by atoms with Crippen molar-refractivity contribution in [3.05, 3.63) is 69.5 Å². The van der Waals surface area contributed by atoms with E-state index in [4.69, 9.17) is 33.7 Å². The Bertz CT molecular complexity index is 792. The number of nitrogens with zero attached hydrogens (tertiary/aromatic N) is 1. The molecule has 0 spiro atoms. The molecule has 1 unspecified atom stereocenters. The van der Waals surface area contributed by atoms with Crippen molar-refractivity contribution in [2.45, 2.75) is 18.6 Å². The quantitative estimate of drug-likeness (QED) is 0.741. The summed E-state index contributed by atoms with van der Waals surface area (Å²) in [6, 6.07) is 11.6. The van der Waals surface area contributed by atoms with E-state index < -0.39 is 18.0 Å². The summed E-state index contributed by atoms with van der Waals surface area (Å²) >= 11 is 11.9. The number of hydrogen-bond donors (Lipinski definition) is 1. The first-order valence-electron chi connectivity index (χ1n) is 8.30. The molecule has 0 radical (unpaired) electrons. The number of hydrogen-bond acceptors (Lipinski definition) is 3. The number of ether oxygens (including phenoxy) is 1. The molecule has 2 aromatic rings. The van der Waals surface area contributed by atoms with Crippen LogP contribution in [0.3, 0.4) is 0 Å². The standard InChI is InChI=1S/C19H19Cl2FN2O2.ClH/c20-14-10-15(21)16(22)9-13(14)18-11-24(6-7-26-18)19(25)17(23)8-12-4-2-1-3-5-12;/h1-5,9-10,17-18H,6-8,11,23H2;1H/t17-,18?;/m0./s1. The SMILES string of the molecule is Cl.N[C@@H](Cc1ccccc1)C(=O)N1CCOC(c2cc(F)c(Cl)cc2Cl)C1. The van der Waals surface area contributed by atoms with Gasteiger partial charge < -0.3 is 15.4 Å². The minimum absolute atomic E-state index is 0. The molecule has 8 heteroatoms. The number of rotatable bonds is 4. The van der Waals surface area contributed by atoms with E-state index in [0.717, 1.165) is 5.56 Å². The lowest BCUT2D eigenvalue weighted by molar-refractivity contribution is -0.140. The first-order chi connectivity index (χ1) is 12.5. The highest BCUT2D eigenvalue weighted by molar-refractivity contribution is 6.35. The largest absolute Gasteiger partial charge is 0.370 e. The zero-order valence-corrected chi connectivity index (χ0v) is 16.7. The Morgan fingerprint density at radius 1 is 1.26 bits per heavy atom. The van der Waals surface area contributed by atoms with E-state index >= 15 is 0 Å². The van der Waals surface area contributed by atoms with Crippen molar-refractivity contribution in [3.63, 3.8) is 0 Å². The first-order valence-corrected chi connectivity index (χ1v) is 9.05. The van der Waals surface area contributed by atoms with E-state index in [1.54, 1.807) is 4.90 Å². The van der Waals surface area contributed by atoms with Crippen LogP contribution >= 0.6 is 35.6 Å². The highest BCUT2D eigenvalue weighted by atomic mass is 35.5. The fraction of sp³-hybridized carbons (Fsp3) is 0.316. The fourth-order valence-electron chi connectivity index (χ4n) is 3.01. The van der Waals surface area contributed by atoms with Crippen LogP contribution in [0.2, 0.25) is 10.0 Å². The van der Waals surface area contributed by atoms with Crippen LogP contribution < -0.4 is 5.73 Å². The van der Waals surface area contributed by atoms with Gasteiger partial charge in [-0.3, -0.25) is 4.79 Å². The molecule has 1 fully saturated rings. The van der Waals surface area contributed by atoms with E-state index in [-0.39, 0.29) is 29.9 Å². The lowest BCUT2D eigenvalue weighted by atomic mass is 10.0. The van der Waals surface area contributed by atoms with Crippen LogP contribution in [-0.4, -0.2) is 36.5 Å². The van der Waals surface area contributed by atoms with Crippen molar-refractivity contribution in [3.8, 4) is 0 Å². The Hall–Kier alpha value is -1.37. The van der Waals surface area contributed by atoms with Gasteiger partial charge in [0.25, 0.3) is 0 Å². The van der Waals surface area contributed by atoms with E-state index in [2.05, 4.69) is 0 Å². The van der Waals surface area contributed by atoms with Gasteiger partial charge in [-0.1, -0.05) is 53.5 Å². The second-order valence-electron chi connectivity index (χ2n) is 6.23. The maximum atomic E-state index is 13.8. The number of amides is 1. The van der Waals surface area contributed by atoms with Crippen molar-refractivity contribution in [1.82, 2.24) is 4.90 Å². The summed E-state index contributed by atoms with van der Waals surface area (Å²) in [7, 11) is 0. The Kier molecular flexibility index (Phi) is 7.89. The average Bonchev–Trinajstić information content (AvgIpc) is 2.65. The smallest absolute Gasteiger partial charge is 0.240 e. The lowest BCUT2D eigenvalue weighted by Gasteiger charge is -2.35. The van der Waals surface area contributed by atoms with Gasteiger partial charge in [0.2, 0.25) is 5.91 Å². The molecule has 2 N–H and O–H groups in total. The second-order valence-corrected chi connectivity index (χ2v) is 7.04. The third kappa shape index (κ3) is 5.33. The van der Waals surface area contributed by atoms with Crippen molar-refractivity contribution in [1.29, 1.82) is 0 Å². The van der Waals surface area contributed by atoms with Crippen LogP contribution in [-0.2, 0) is 16.0 Å². The highest BCUT2D eigenvalue weighted by Crippen LogP contribution is 2.32. The van der Waals surface area contributed by atoms with Gasteiger partial charge in [0.05, 0.1) is 24.2 Å². The van der Waals surface area contributed by atoms with Crippen molar-refractivity contribution >= 4 is 41.5 Å². The number of nitrogens with two attached hydrogens (primary N) is 1. The molecule has 2 aromatic carbocycles. The minimum atomic E-state index is -0.645. The molecule has 1 heterocycles. The van der Waals surface area contributed by atoms with Gasteiger partial charge in [0.1, 0.15) is 11.9 Å². The molecule has 146 valence electrons. The van der Waals surface area contributed by atoms with Crippen molar-refractivity contribution in [2.75, 3.05) is 19.7 Å². The molecular formula is C19H20Cl3FN2O2. The third-order valence-corrected chi connectivity index (χ3v) is 5.00. The summed E-state index contributed by atoms with van der Waals surface area (Å²) in [6.45, 7) is 1.03. The molecule has 27 heavy (non-hydrogen) atoms. The summed E-state index contributed by atoms with van der Waals surface area (Å²) in [4.78, 5) is 14.3. The molecule has 0 saturated carbocycles. The van der Waals surface area contributed by atoms with Gasteiger partial charge in [-0.25, -0.2) is 4.39 Å². The second kappa shape index (κ2) is 9.71. The molecule has 1 aliphatic rings. The van der Waals surface area contributed by atoms with Gasteiger partial charge in [0.15, 0.2) is 0 Å². The number of carbonyl (C=O) groups is 1. The Morgan fingerprint density at radius 2 is 1.96 bits per heavy atom. The van der Waals surface area contributed by atoms with Crippen LogP contribution in [0.25, 0.3) is 0 Å². The minimum Gasteiger partial charge on any atom is -0.370 e. The highest BCUT2D eigenvalue weighted by Gasteiger charge is 2.30. The molecule has 1 saturated heterocycles. The van der Waals surface area contributed by atoms with Crippen LogP contribution in [0.5, 0.6) is 0 Å². The maximum Gasteiger partial charge on any atom is 0.240 e. The predicted molar refractivity (Wildman–Crippen MR) is 107 cm³/mol. The van der Waals surface area contributed by atoms with Gasteiger partial charge in [-0.05, 0) is 24.1 Å². The monoisotopic (exact) mass is 432 g/mol. The maximum absolute atomic E-state index is 13.8. The van der Waals surface area contributed by atoms with Crippen LogP contribution in [0.15, 0.2) is 42.5 Å². The van der Waals surface area contributed by atoms with Gasteiger partial charge >= 0.3 is 0 Å². The normalized spacial score (nSPS) is 17.9. The van der Waals surface area contributed by atoms with E-state index in [0.29, 0.717) is 30.2 Å². The number of halogens is 4. The van der Waals surface area contributed by atoms with Crippen LogP contribution in [0, 0.1) is 5.82 Å². The molecule has 0 aliphatic carbocycles. The molecule has 1 aliphatic heterocycles. The topological polar surface area (TPSA) is 55.6 Å². The molecular weight excluding hydrogens is 414 g/mol. The zero-order valence-electron chi connectivity index (χ0n) is 14.4. The molecule has 0 aromatic heterocycles. The average molecular weight is 434 g/mol. The third-order valence-electron chi connectivity index (χ3n) is 4.38. The summed E-state index contributed by atoms with van der Waals surface area (Å²) in [5, 5.41) is 0.261. The predicted octanol–water partition coefficient (Wildman–Crippen LogP) is 4.02. The summed E-state index contributed by atoms with van der Waals surface area (Å²) in [5.74, 6) is -0.730. The molecule has 1 amide bonds. The summed E-state index contributed by atoms with van der Waals surface area (Å²) in [5.41, 5.74) is 7.58. The summed E-state index contributed by atoms with van der Waals surface area (Å²) in [6.07, 6.45) is -0.0613. The number of carbonyl (C=O) groups excluding carboxylic acids is 1. The Balaban J connectivity index is 0.00000261. The van der Waals surface area contributed by atoms with E-state index in [9.17, 15) is 9.18 Å². The van der Waals surface area contributed by atoms with Gasteiger partial charge in [-0.15, -0.1) is 12.4 Å². The molecule has 4 nitrogen and oxygen atoms in total. The number of benzene rings is 2. The Labute approximate surface area is 173 Å². The van der Waals surface area contributed by atoms with Crippen LogP contribution in [0.4, 0.5) is 4.39 Å².